The van der Waals surface area contributed by atoms with E-state index in [1.807, 2.05) is 13.8 Å². The molecule has 1 aromatic carbocycles. The summed E-state index contributed by atoms with van der Waals surface area (Å²) >= 11 is 1.42. The fourth-order valence-corrected chi connectivity index (χ4v) is 2.66. The minimum absolute atomic E-state index is 0.0941. The first-order valence-electron chi connectivity index (χ1n) is 5.20. The van der Waals surface area contributed by atoms with E-state index in [1.165, 1.54) is 23.5 Å². The predicted octanol–water partition coefficient (Wildman–Crippen LogP) is 2.98. The van der Waals surface area contributed by atoms with E-state index in [0.29, 0.717) is 10.6 Å². The zero-order valence-electron chi connectivity index (χ0n) is 9.57. The van der Waals surface area contributed by atoms with Crippen molar-refractivity contribution in [2.24, 2.45) is 5.73 Å². The lowest BCUT2D eigenvalue weighted by Gasteiger charge is -2.00. The first-order valence-corrected chi connectivity index (χ1v) is 6.02. The lowest BCUT2D eigenvalue weighted by atomic mass is 10.2. The van der Waals surface area contributed by atoms with Crippen molar-refractivity contribution in [2.75, 3.05) is 0 Å². The third kappa shape index (κ3) is 2.45. The monoisotopic (exact) mass is 252 g/mol. The number of aryl methyl sites for hydroxylation is 1. The zero-order valence-corrected chi connectivity index (χ0v) is 10.4. The van der Waals surface area contributed by atoms with Gasteiger partial charge in [0.15, 0.2) is 0 Å². The number of nitrogens with two attached hydrogens (primary N) is 1. The number of phenols is 1. The molecule has 3 N–H and O–H groups in total. The largest absolute Gasteiger partial charge is 0.508 e. The summed E-state index contributed by atoms with van der Waals surface area (Å²) in [7, 11) is 0. The number of nitrogens with zero attached hydrogens (tertiary/aromatic N) is 1. The quantitative estimate of drug-likeness (QED) is 0.863. The van der Waals surface area contributed by atoms with Gasteiger partial charge in [-0.3, -0.25) is 0 Å². The third-order valence-corrected chi connectivity index (χ3v) is 3.78. The van der Waals surface area contributed by atoms with Gasteiger partial charge < -0.3 is 10.8 Å². The van der Waals surface area contributed by atoms with Crippen molar-refractivity contribution >= 4 is 11.3 Å². The van der Waals surface area contributed by atoms with Crippen LogP contribution in [0.2, 0.25) is 0 Å². The van der Waals surface area contributed by atoms with Crippen molar-refractivity contribution in [3.63, 3.8) is 0 Å². The molecule has 0 amide bonds. The molecule has 1 unspecified atom stereocenters. The number of benzene rings is 1. The molecule has 0 aliphatic rings. The van der Waals surface area contributed by atoms with E-state index in [-0.39, 0.29) is 11.8 Å². The van der Waals surface area contributed by atoms with Gasteiger partial charge in [-0.2, -0.15) is 0 Å². The first-order chi connectivity index (χ1) is 7.97. The highest BCUT2D eigenvalue weighted by Crippen LogP contribution is 2.32. The van der Waals surface area contributed by atoms with Crippen LogP contribution in [0.25, 0.3) is 10.6 Å². The summed E-state index contributed by atoms with van der Waals surface area (Å²) in [6.45, 7) is 3.76. The fraction of sp³-hybridized carbons (Fsp3) is 0.250. The van der Waals surface area contributed by atoms with Crippen LogP contribution in [0.15, 0.2) is 18.2 Å². The van der Waals surface area contributed by atoms with Crippen LogP contribution in [-0.4, -0.2) is 10.1 Å². The Kier molecular flexibility index (Phi) is 3.13. The Labute approximate surface area is 103 Å². The van der Waals surface area contributed by atoms with Crippen LogP contribution in [0.4, 0.5) is 4.39 Å². The number of phenolic OH excluding ortho intramolecular Hbond substituents is 1. The van der Waals surface area contributed by atoms with E-state index in [1.54, 1.807) is 0 Å². The van der Waals surface area contributed by atoms with Crippen molar-refractivity contribution < 1.29 is 9.50 Å². The number of aromatic hydroxyl groups is 1. The standard InChI is InChI=1S/C12H13FN2OS/c1-6(14)11-7(2)15-12(17-11)8-3-9(13)5-10(16)4-8/h3-6,16H,14H2,1-2H3. The van der Waals surface area contributed by atoms with Crippen LogP contribution < -0.4 is 5.73 Å². The molecule has 3 nitrogen and oxygen atoms in total. The molecule has 0 radical (unpaired) electrons. The molecule has 90 valence electrons. The Bertz CT molecular complexity index is 531. The average molecular weight is 252 g/mol. The summed E-state index contributed by atoms with van der Waals surface area (Å²) in [6.07, 6.45) is 0. The molecule has 1 heterocycles. The van der Waals surface area contributed by atoms with Gasteiger partial charge >= 0.3 is 0 Å². The van der Waals surface area contributed by atoms with Crippen LogP contribution in [0.3, 0.4) is 0 Å². The zero-order chi connectivity index (χ0) is 12.6. The Balaban J connectivity index is 2.49. The summed E-state index contributed by atoms with van der Waals surface area (Å²) in [6, 6.07) is 3.81. The fourth-order valence-electron chi connectivity index (χ4n) is 1.65. The molecule has 0 aliphatic heterocycles. The van der Waals surface area contributed by atoms with Crippen molar-refractivity contribution in [2.45, 2.75) is 19.9 Å². The molecule has 0 aliphatic carbocycles. The van der Waals surface area contributed by atoms with Crippen LogP contribution in [0, 0.1) is 12.7 Å². The van der Waals surface area contributed by atoms with E-state index in [9.17, 15) is 9.50 Å². The van der Waals surface area contributed by atoms with Gasteiger partial charge in [0.2, 0.25) is 0 Å². The predicted molar refractivity (Wildman–Crippen MR) is 66.5 cm³/mol. The van der Waals surface area contributed by atoms with Crippen molar-refractivity contribution in [3.8, 4) is 16.3 Å². The van der Waals surface area contributed by atoms with Crippen molar-refractivity contribution in [1.29, 1.82) is 0 Å². The second-order valence-corrected chi connectivity index (χ2v) is 4.99. The van der Waals surface area contributed by atoms with Gasteiger partial charge in [0.25, 0.3) is 0 Å². The molecule has 2 rings (SSSR count). The third-order valence-electron chi connectivity index (χ3n) is 2.38. The van der Waals surface area contributed by atoms with Gasteiger partial charge in [-0.25, -0.2) is 9.37 Å². The molecule has 0 bridgehead atoms. The Morgan fingerprint density at radius 3 is 2.65 bits per heavy atom. The van der Waals surface area contributed by atoms with E-state index in [0.717, 1.165) is 16.6 Å². The molecule has 0 saturated heterocycles. The Hall–Kier alpha value is -1.46. The van der Waals surface area contributed by atoms with E-state index >= 15 is 0 Å². The maximum absolute atomic E-state index is 13.2. The van der Waals surface area contributed by atoms with Crippen LogP contribution >= 0.6 is 11.3 Å². The molecule has 1 atom stereocenters. The highest BCUT2D eigenvalue weighted by atomic mass is 32.1. The summed E-state index contributed by atoms with van der Waals surface area (Å²) in [5.74, 6) is -0.578. The number of hydrogen-bond donors (Lipinski definition) is 2. The molecule has 0 spiro atoms. The average Bonchev–Trinajstić information content (AvgIpc) is 2.59. The molecular weight excluding hydrogens is 239 g/mol. The van der Waals surface area contributed by atoms with E-state index in [2.05, 4.69) is 4.98 Å². The molecule has 1 aromatic heterocycles. The van der Waals surface area contributed by atoms with Crippen LogP contribution in [0.5, 0.6) is 5.75 Å². The minimum atomic E-state index is -0.477. The van der Waals surface area contributed by atoms with Crippen LogP contribution in [0.1, 0.15) is 23.5 Å². The maximum Gasteiger partial charge on any atom is 0.127 e. The Morgan fingerprint density at radius 2 is 2.12 bits per heavy atom. The second kappa shape index (κ2) is 4.43. The van der Waals surface area contributed by atoms with Gasteiger partial charge in [0.1, 0.15) is 16.6 Å². The van der Waals surface area contributed by atoms with Crippen molar-refractivity contribution in [3.05, 3.63) is 34.6 Å². The molecule has 5 heteroatoms. The number of rotatable bonds is 2. The number of hydrogen-bond acceptors (Lipinski definition) is 4. The molecule has 0 fully saturated rings. The lowest BCUT2D eigenvalue weighted by molar-refractivity contribution is 0.469. The normalized spacial score (nSPS) is 12.7. The van der Waals surface area contributed by atoms with Gasteiger partial charge in [0.05, 0.1) is 5.69 Å². The maximum atomic E-state index is 13.2. The Morgan fingerprint density at radius 1 is 1.41 bits per heavy atom. The number of aromatic nitrogens is 1. The summed E-state index contributed by atoms with van der Waals surface area (Å²) < 4.78 is 13.2. The first kappa shape index (κ1) is 12.0. The molecule has 17 heavy (non-hydrogen) atoms. The SMILES string of the molecule is Cc1nc(-c2cc(O)cc(F)c2)sc1C(C)N. The van der Waals surface area contributed by atoms with Gasteiger partial charge in [-0.1, -0.05) is 0 Å². The molecule has 0 saturated carbocycles. The summed E-state index contributed by atoms with van der Waals surface area (Å²) in [4.78, 5) is 5.32. The number of halogens is 1. The summed E-state index contributed by atoms with van der Waals surface area (Å²) in [5, 5.41) is 10.0. The molecular formula is C12H13FN2OS. The van der Waals surface area contributed by atoms with Gasteiger partial charge in [0, 0.05) is 22.5 Å². The number of thiazole rings is 1. The lowest BCUT2D eigenvalue weighted by Crippen LogP contribution is -2.03. The van der Waals surface area contributed by atoms with E-state index in [4.69, 9.17) is 5.73 Å². The minimum Gasteiger partial charge on any atom is -0.508 e. The highest BCUT2D eigenvalue weighted by Gasteiger charge is 2.13. The summed E-state index contributed by atoms with van der Waals surface area (Å²) in [5.41, 5.74) is 7.24. The van der Waals surface area contributed by atoms with E-state index < -0.39 is 5.82 Å². The van der Waals surface area contributed by atoms with Gasteiger partial charge in [-0.05, 0) is 26.0 Å². The molecule has 2 aromatic rings. The second-order valence-electron chi connectivity index (χ2n) is 3.96. The highest BCUT2D eigenvalue weighted by molar-refractivity contribution is 7.15. The topological polar surface area (TPSA) is 59.1 Å². The van der Waals surface area contributed by atoms with Gasteiger partial charge in [-0.15, -0.1) is 11.3 Å². The van der Waals surface area contributed by atoms with Crippen LogP contribution in [-0.2, 0) is 0 Å². The van der Waals surface area contributed by atoms with Crippen molar-refractivity contribution in [1.82, 2.24) is 4.98 Å². The smallest absolute Gasteiger partial charge is 0.127 e.